The summed E-state index contributed by atoms with van der Waals surface area (Å²) in [4.78, 5) is 35.1. The van der Waals surface area contributed by atoms with Gasteiger partial charge in [-0.05, 0) is 24.3 Å². The fourth-order valence-electron chi connectivity index (χ4n) is 1.80. The predicted octanol–water partition coefficient (Wildman–Crippen LogP) is 1.47. The van der Waals surface area contributed by atoms with Gasteiger partial charge in [0.25, 0.3) is 0 Å². The van der Waals surface area contributed by atoms with E-state index in [0.717, 1.165) is 0 Å². The summed E-state index contributed by atoms with van der Waals surface area (Å²) in [6.45, 7) is 3.90. The average molecular weight is 258 g/mol. The van der Waals surface area contributed by atoms with Gasteiger partial charge in [-0.2, -0.15) is 11.8 Å². The first kappa shape index (κ1) is 14.2. The average Bonchev–Trinajstić information content (AvgIpc) is 2.50. The number of carbonyl (C=O) groups is 3. The number of carbonyl (C=O) groups excluding carboxylic acids is 3. The van der Waals surface area contributed by atoms with E-state index in [1.165, 1.54) is 11.8 Å². The number of esters is 1. The third-order valence-corrected chi connectivity index (χ3v) is 3.27. The van der Waals surface area contributed by atoms with Gasteiger partial charge in [0.15, 0.2) is 23.6 Å². The molecular formula is C12H18O4S. The molecule has 1 aliphatic heterocycles. The minimum absolute atomic E-state index is 0.251. The number of hydrogen-bond acceptors (Lipinski definition) is 5. The van der Waals surface area contributed by atoms with Crippen molar-refractivity contribution in [1.82, 2.24) is 0 Å². The van der Waals surface area contributed by atoms with Crippen LogP contribution in [0.5, 0.6) is 0 Å². The van der Waals surface area contributed by atoms with Crippen LogP contribution < -0.4 is 0 Å². The molecule has 0 aromatic rings. The monoisotopic (exact) mass is 258 g/mol. The molecule has 0 spiro atoms. The molecule has 96 valence electrons. The van der Waals surface area contributed by atoms with Gasteiger partial charge in [-0.15, -0.1) is 0 Å². The second kappa shape index (κ2) is 6.19. The van der Waals surface area contributed by atoms with Gasteiger partial charge in [-0.3, -0.25) is 14.4 Å². The van der Waals surface area contributed by atoms with E-state index in [1.54, 1.807) is 0 Å². The summed E-state index contributed by atoms with van der Waals surface area (Å²) in [5, 5.41) is 0. The fraction of sp³-hybridized carbons (Fsp3) is 0.750. The Labute approximate surface area is 105 Å². The van der Waals surface area contributed by atoms with Crippen LogP contribution in [0.15, 0.2) is 0 Å². The summed E-state index contributed by atoms with van der Waals surface area (Å²) >= 11 is 1.52. The molecule has 0 bridgehead atoms. The lowest BCUT2D eigenvalue weighted by atomic mass is 9.93. The topological polar surface area (TPSA) is 60.4 Å². The third-order valence-electron chi connectivity index (χ3n) is 2.66. The zero-order valence-electron chi connectivity index (χ0n) is 10.4. The highest BCUT2D eigenvalue weighted by Crippen LogP contribution is 2.24. The van der Waals surface area contributed by atoms with Crippen LogP contribution in [-0.4, -0.2) is 35.6 Å². The van der Waals surface area contributed by atoms with Crippen molar-refractivity contribution in [3.05, 3.63) is 0 Å². The Morgan fingerprint density at radius 2 is 2.06 bits per heavy atom. The molecule has 0 aromatic carbocycles. The Hall–Kier alpha value is -0.840. The van der Waals surface area contributed by atoms with Crippen LogP contribution in [0.4, 0.5) is 0 Å². The predicted molar refractivity (Wildman–Crippen MR) is 65.8 cm³/mol. The van der Waals surface area contributed by atoms with E-state index >= 15 is 0 Å². The Morgan fingerprint density at radius 3 is 2.59 bits per heavy atom. The SMILES string of the molecule is CSCCC(=O)C1C(=O)OC(CC(C)C)C1=O. The van der Waals surface area contributed by atoms with E-state index in [0.29, 0.717) is 12.2 Å². The number of hydrogen-bond donors (Lipinski definition) is 0. The number of thioether (sulfide) groups is 1. The molecule has 1 aliphatic rings. The van der Waals surface area contributed by atoms with Gasteiger partial charge in [-0.25, -0.2) is 0 Å². The van der Waals surface area contributed by atoms with Gasteiger partial charge in [0.1, 0.15) is 0 Å². The van der Waals surface area contributed by atoms with E-state index < -0.39 is 18.0 Å². The molecule has 5 heteroatoms. The summed E-state index contributed by atoms with van der Waals surface area (Å²) in [5.74, 6) is -1.59. The van der Waals surface area contributed by atoms with E-state index in [9.17, 15) is 14.4 Å². The van der Waals surface area contributed by atoms with E-state index in [2.05, 4.69) is 0 Å². The number of rotatable bonds is 6. The maximum absolute atomic E-state index is 11.9. The molecule has 1 rings (SSSR count). The lowest BCUT2D eigenvalue weighted by Gasteiger charge is -2.09. The Balaban J connectivity index is 2.65. The Kier molecular flexibility index (Phi) is 5.18. The summed E-state index contributed by atoms with van der Waals surface area (Å²) < 4.78 is 4.98. The summed E-state index contributed by atoms with van der Waals surface area (Å²) in [6.07, 6.45) is 1.91. The zero-order valence-corrected chi connectivity index (χ0v) is 11.2. The molecule has 0 saturated carbocycles. The molecule has 0 N–H and O–H groups in total. The van der Waals surface area contributed by atoms with Crippen molar-refractivity contribution in [2.45, 2.75) is 32.8 Å². The highest BCUT2D eigenvalue weighted by molar-refractivity contribution is 7.98. The fourth-order valence-corrected chi connectivity index (χ4v) is 2.20. The second-order valence-electron chi connectivity index (χ2n) is 4.60. The van der Waals surface area contributed by atoms with E-state index in [-0.39, 0.29) is 23.9 Å². The van der Waals surface area contributed by atoms with Crippen molar-refractivity contribution >= 4 is 29.3 Å². The van der Waals surface area contributed by atoms with Crippen molar-refractivity contribution in [2.75, 3.05) is 12.0 Å². The Bertz CT molecular complexity index is 324. The first-order chi connectivity index (χ1) is 7.97. The van der Waals surface area contributed by atoms with Crippen LogP contribution in [0.25, 0.3) is 0 Å². The quantitative estimate of drug-likeness (QED) is 0.533. The third kappa shape index (κ3) is 3.56. The zero-order chi connectivity index (χ0) is 13.0. The lowest BCUT2D eigenvalue weighted by Crippen LogP contribution is -2.28. The van der Waals surface area contributed by atoms with Crippen LogP contribution in [0, 0.1) is 11.8 Å². The van der Waals surface area contributed by atoms with Crippen molar-refractivity contribution in [3.63, 3.8) is 0 Å². The molecular weight excluding hydrogens is 240 g/mol. The maximum Gasteiger partial charge on any atom is 0.325 e. The summed E-state index contributed by atoms with van der Waals surface area (Å²) in [7, 11) is 0. The highest BCUT2D eigenvalue weighted by atomic mass is 32.2. The molecule has 1 saturated heterocycles. The number of cyclic esters (lactones) is 1. The molecule has 1 heterocycles. The highest BCUT2D eigenvalue weighted by Gasteiger charge is 2.47. The number of ether oxygens (including phenoxy) is 1. The maximum atomic E-state index is 11.9. The Morgan fingerprint density at radius 1 is 1.41 bits per heavy atom. The van der Waals surface area contributed by atoms with Crippen LogP contribution in [-0.2, 0) is 19.1 Å². The molecule has 2 unspecified atom stereocenters. The van der Waals surface area contributed by atoms with Crippen LogP contribution in [0.2, 0.25) is 0 Å². The van der Waals surface area contributed by atoms with Gasteiger partial charge in [0.05, 0.1) is 0 Å². The molecule has 4 nitrogen and oxygen atoms in total. The number of ketones is 2. The molecule has 0 radical (unpaired) electrons. The smallest absolute Gasteiger partial charge is 0.325 e. The normalized spacial score (nSPS) is 24.2. The van der Waals surface area contributed by atoms with Crippen LogP contribution in [0.3, 0.4) is 0 Å². The largest absolute Gasteiger partial charge is 0.453 e. The van der Waals surface area contributed by atoms with Crippen molar-refractivity contribution in [2.24, 2.45) is 11.8 Å². The van der Waals surface area contributed by atoms with Gasteiger partial charge >= 0.3 is 5.97 Å². The van der Waals surface area contributed by atoms with Gasteiger partial charge < -0.3 is 4.74 Å². The minimum Gasteiger partial charge on any atom is -0.453 e. The molecule has 1 fully saturated rings. The van der Waals surface area contributed by atoms with Crippen LogP contribution >= 0.6 is 11.8 Å². The first-order valence-electron chi connectivity index (χ1n) is 5.73. The van der Waals surface area contributed by atoms with E-state index in [1.807, 2.05) is 20.1 Å². The van der Waals surface area contributed by atoms with Crippen molar-refractivity contribution < 1.29 is 19.1 Å². The standard InChI is InChI=1S/C12H18O4S/c1-7(2)6-9-11(14)10(12(15)16-9)8(13)4-5-17-3/h7,9-10H,4-6H2,1-3H3. The van der Waals surface area contributed by atoms with Crippen molar-refractivity contribution in [1.29, 1.82) is 0 Å². The van der Waals surface area contributed by atoms with Gasteiger partial charge in [0.2, 0.25) is 0 Å². The van der Waals surface area contributed by atoms with Gasteiger partial charge in [-0.1, -0.05) is 13.8 Å². The molecule has 2 atom stereocenters. The molecule has 0 aliphatic carbocycles. The van der Waals surface area contributed by atoms with Gasteiger partial charge in [0, 0.05) is 6.42 Å². The van der Waals surface area contributed by atoms with E-state index in [4.69, 9.17) is 4.74 Å². The molecule has 17 heavy (non-hydrogen) atoms. The lowest BCUT2D eigenvalue weighted by molar-refractivity contribution is -0.147. The molecule has 0 amide bonds. The van der Waals surface area contributed by atoms with Crippen molar-refractivity contribution in [3.8, 4) is 0 Å². The second-order valence-corrected chi connectivity index (χ2v) is 5.59. The number of Topliss-reactive ketones (excluding diaryl/α,β-unsaturated/α-hetero) is 2. The summed E-state index contributed by atoms with van der Waals surface area (Å²) in [6, 6.07) is 0. The molecule has 0 aromatic heterocycles. The minimum atomic E-state index is -1.16. The summed E-state index contributed by atoms with van der Waals surface area (Å²) in [5.41, 5.74) is 0. The first-order valence-corrected chi connectivity index (χ1v) is 7.12. The van der Waals surface area contributed by atoms with Crippen LogP contribution in [0.1, 0.15) is 26.7 Å².